The molecule has 1 aliphatic heterocycles. The number of nitrogens with zero attached hydrogens (tertiary/aromatic N) is 3. The number of carbonyl (C=O) groups is 1. The van der Waals surface area contributed by atoms with Gasteiger partial charge in [0.1, 0.15) is 11.6 Å². The molecular formula is C26H21ClF2N4O3. The zero-order valence-electron chi connectivity index (χ0n) is 19.0. The number of hydrogen-bond acceptors (Lipinski definition) is 6. The molecule has 184 valence electrons. The third-order valence-electron chi connectivity index (χ3n) is 5.65. The van der Waals surface area contributed by atoms with Crippen LogP contribution in [0, 0.1) is 11.6 Å². The van der Waals surface area contributed by atoms with E-state index < -0.39 is 17.5 Å². The smallest absolute Gasteiger partial charge is 0.255 e. The van der Waals surface area contributed by atoms with Gasteiger partial charge in [0.2, 0.25) is 0 Å². The Bertz CT molecular complexity index is 1430. The van der Waals surface area contributed by atoms with E-state index in [0.717, 1.165) is 30.9 Å². The van der Waals surface area contributed by atoms with Gasteiger partial charge in [-0.3, -0.25) is 14.7 Å². The first-order valence-electron chi connectivity index (χ1n) is 11.2. The Morgan fingerprint density at radius 1 is 1.03 bits per heavy atom. The summed E-state index contributed by atoms with van der Waals surface area (Å²) in [5.41, 5.74) is 2.41. The Labute approximate surface area is 210 Å². The van der Waals surface area contributed by atoms with Crippen LogP contribution < -0.4 is 10.1 Å². The maximum atomic E-state index is 14.7. The largest absolute Gasteiger partial charge is 0.454 e. The minimum Gasteiger partial charge on any atom is -0.454 e. The quantitative estimate of drug-likeness (QED) is 0.372. The van der Waals surface area contributed by atoms with E-state index in [2.05, 4.69) is 20.2 Å². The normalized spacial score (nSPS) is 14.1. The van der Waals surface area contributed by atoms with Gasteiger partial charge in [-0.05, 0) is 42.5 Å². The first kappa shape index (κ1) is 24.1. The molecular weight excluding hydrogens is 490 g/mol. The topological polar surface area (TPSA) is 76.6 Å². The molecule has 10 heteroatoms. The zero-order valence-corrected chi connectivity index (χ0v) is 19.8. The van der Waals surface area contributed by atoms with Crippen molar-refractivity contribution in [1.82, 2.24) is 14.9 Å². The second-order valence-electron chi connectivity index (χ2n) is 8.23. The highest BCUT2D eigenvalue weighted by Crippen LogP contribution is 2.29. The number of halogens is 3. The Morgan fingerprint density at radius 2 is 1.86 bits per heavy atom. The fraction of sp³-hybridized carbons (Fsp3) is 0.192. The van der Waals surface area contributed by atoms with E-state index >= 15 is 0 Å². The Morgan fingerprint density at radius 3 is 2.64 bits per heavy atom. The highest BCUT2D eigenvalue weighted by molar-refractivity contribution is 6.30. The molecule has 0 radical (unpaired) electrons. The Hall–Kier alpha value is -3.66. The van der Waals surface area contributed by atoms with Gasteiger partial charge in [-0.25, -0.2) is 13.8 Å². The van der Waals surface area contributed by atoms with E-state index in [1.807, 2.05) is 0 Å². The second-order valence-corrected chi connectivity index (χ2v) is 8.64. The molecule has 1 fully saturated rings. The van der Waals surface area contributed by atoms with Crippen molar-refractivity contribution in [2.75, 3.05) is 31.6 Å². The van der Waals surface area contributed by atoms with Crippen LogP contribution in [0.15, 0.2) is 60.8 Å². The van der Waals surface area contributed by atoms with E-state index in [1.54, 1.807) is 24.4 Å². The van der Waals surface area contributed by atoms with Gasteiger partial charge in [0.15, 0.2) is 11.6 Å². The molecule has 0 bridgehead atoms. The van der Waals surface area contributed by atoms with Crippen LogP contribution in [0.5, 0.6) is 11.5 Å². The van der Waals surface area contributed by atoms with E-state index in [-0.39, 0.29) is 22.0 Å². The molecule has 1 amide bonds. The van der Waals surface area contributed by atoms with Crippen LogP contribution in [0.3, 0.4) is 0 Å². The van der Waals surface area contributed by atoms with Crippen molar-refractivity contribution in [3.63, 3.8) is 0 Å². The number of nitrogens with one attached hydrogen (secondary N) is 1. The van der Waals surface area contributed by atoms with Crippen molar-refractivity contribution < 1.29 is 23.0 Å². The van der Waals surface area contributed by atoms with Crippen LogP contribution in [0.2, 0.25) is 5.02 Å². The summed E-state index contributed by atoms with van der Waals surface area (Å²) in [5.74, 6) is -1.62. The first-order chi connectivity index (χ1) is 17.4. The van der Waals surface area contributed by atoms with Crippen molar-refractivity contribution in [3.8, 4) is 11.5 Å². The van der Waals surface area contributed by atoms with Gasteiger partial charge in [0.25, 0.3) is 5.91 Å². The number of amides is 1. The van der Waals surface area contributed by atoms with Crippen molar-refractivity contribution in [2.45, 2.75) is 6.54 Å². The second kappa shape index (κ2) is 10.5. The molecule has 0 unspecified atom stereocenters. The van der Waals surface area contributed by atoms with Crippen molar-refractivity contribution >= 4 is 34.2 Å². The summed E-state index contributed by atoms with van der Waals surface area (Å²) in [4.78, 5) is 23.7. The van der Waals surface area contributed by atoms with Gasteiger partial charge in [-0.1, -0.05) is 11.6 Å². The van der Waals surface area contributed by atoms with Crippen molar-refractivity contribution in [3.05, 3.63) is 88.7 Å². The highest BCUT2D eigenvalue weighted by atomic mass is 35.5. The molecule has 3 aromatic carbocycles. The number of carbonyl (C=O) groups excluding carboxylic acids is 1. The van der Waals surface area contributed by atoms with E-state index in [9.17, 15) is 13.6 Å². The molecule has 7 nitrogen and oxygen atoms in total. The molecule has 1 N–H and O–H groups in total. The van der Waals surface area contributed by atoms with Gasteiger partial charge in [0, 0.05) is 43.0 Å². The van der Waals surface area contributed by atoms with Gasteiger partial charge < -0.3 is 14.8 Å². The van der Waals surface area contributed by atoms with Crippen molar-refractivity contribution in [1.29, 1.82) is 0 Å². The standard InChI is InChI=1S/C26H21ClF2N4O3/c27-20-4-1-16(11-21(20)28)26(34)32-17-2-6-25(22(29)12-17)36-19-3-5-23-24(13-19)31-18(14-30-23)15-33-7-9-35-10-8-33/h1-6,11-14H,7-10,15H2,(H,32,34). The molecule has 0 spiro atoms. The molecule has 1 aromatic heterocycles. The van der Waals surface area contributed by atoms with E-state index in [4.69, 9.17) is 21.1 Å². The molecule has 36 heavy (non-hydrogen) atoms. The van der Waals surface area contributed by atoms with Crippen LogP contribution in [-0.2, 0) is 11.3 Å². The SMILES string of the molecule is O=C(Nc1ccc(Oc2ccc3ncc(CN4CCOCC4)nc3c2)c(F)c1)c1ccc(Cl)c(F)c1. The predicted molar refractivity (Wildman–Crippen MR) is 131 cm³/mol. The molecule has 1 saturated heterocycles. The number of aromatic nitrogens is 2. The summed E-state index contributed by atoms with van der Waals surface area (Å²) in [7, 11) is 0. The van der Waals surface area contributed by atoms with Crippen LogP contribution in [0.1, 0.15) is 16.1 Å². The summed E-state index contributed by atoms with van der Waals surface area (Å²) in [6, 6.07) is 12.8. The highest BCUT2D eigenvalue weighted by Gasteiger charge is 2.14. The van der Waals surface area contributed by atoms with Crippen LogP contribution in [0.4, 0.5) is 14.5 Å². The molecule has 4 aromatic rings. The number of fused-ring (bicyclic) bond motifs is 1. The number of benzene rings is 3. The minimum atomic E-state index is -0.715. The monoisotopic (exact) mass is 510 g/mol. The minimum absolute atomic E-state index is 0.0256. The van der Waals surface area contributed by atoms with Gasteiger partial charge >= 0.3 is 0 Å². The summed E-state index contributed by atoms with van der Waals surface area (Å²) in [5, 5.41) is 2.44. The maximum Gasteiger partial charge on any atom is 0.255 e. The lowest BCUT2D eigenvalue weighted by Gasteiger charge is -2.26. The van der Waals surface area contributed by atoms with Crippen LogP contribution in [0.25, 0.3) is 11.0 Å². The third kappa shape index (κ3) is 5.59. The fourth-order valence-electron chi connectivity index (χ4n) is 3.79. The lowest BCUT2D eigenvalue weighted by Crippen LogP contribution is -2.35. The average molecular weight is 511 g/mol. The Kier molecular flexibility index (Phi) is 7.04. The predicted octanol–water partition coefficient (Wildman–Crippen LogP) is 5.44. The fourth-order valence-corrected chi connectivity index (χ4v) is 3.90. The number of morpholine rings is 1. The molecule has 5 rings (SSSR count). The summed E-state index contributed by atoms with van der Waals surface area (Å²) in [6.45, 7) is 3.76. The number of anilines is 1. The molecule has 1 aliphatic rings. The van der Waals surface area contributed by atoms with E-state index in [1.165, 1.54) is 24.3 Å². The first-order valence-corrected chi connectivity index (χ1v) is 11.6. The molecule has 2 heterocycles. The van der Waals surface area contributed by atoms with Gasteiger partial charge in [-0.15, -0.1) is 0 Å². The summed E-state index contributed by atoms with van der Waals surface area (Å²) < 4.78 is 39.5. The third-order valence-corrected chi connectivity index (χ3v) is 5.96. The summed E-state index contributed by atoms with van der Waals surface area (Å²) in [6.07, 6.45) is 1.75. The molecule has 0 aliphatic carbocycles. The lowest BCUT2D eigenvalue weighted by molar-refractivity contribution is 0.0336. The number of hydrogen-bond donors (Lipinski definition) is 1. The summed E-state index contributed by atoms with van der Waals surface area (Å²) >= 11 is 5.65. The van der Waals surface area contributed by atoms with Crippen LogP contribution >= 0.6 is 11.6 Å². The van der Waals surface area contributed by atoms with Crippen LogP contribution in [-0.4, -0.2) is 47.1 Å². The Balaban J connectivity index is 1.28. The zero-order chi connectivity index (χ0) is 25.1. The average Bonchev–Trinajstić information content (AvgIpc) is 2.87. The molecule has 0 saturated carbocycles. The van der Waals surface area contributed by atoms with Crippen molar-refractivity contribution in [2.24, 2.45) is 0 Å². The van der Waals surface area contributed by atoms with E-state index in [0.29, 0.717) is 36.5 Å². The molecule has 0 atom stereocenters. The lowest BCUT2D eigenvalue weighted by atomic mass is 10.2. The van der Waals surface area contributed by atoms with Gasteiger partial charge in [0.05, 0.1) is 41.2 Å². The number of rotatable bonds is 6. The number of ether oxygens (including phenoxy) is 2. The maximum absolute atomic E-state index is 14.7. The van der Waals surface area contributed by atoms with Gasteiger partial charge in [-0.2, -0.15) is 0 Å².